The molecule has 0 aromatic rings. The quantitative estimate of drug-likeness (QED) is 0.509. The molecule has 0 aliphatic rings. The molecule has 81 valence electrons. The Labute approximate surface area is 95.2 Å². The molecule has 0 aliphatic carbocycles. The molecule has 0 saturated carbocycles. The van der Waals surface area contributed by atoms with Crippen LogP contribution < -0.4 is 15.3 Å². The SMILES string of the molecule is CC(C)[O-].CC(C)[O-].CC(C)[O-].[Ga]. The van der Waals surface area contributed by atoms with E-state index in [1.54, 1.807) is 41.5 Å². The van der Waals surface area contributed by atoms with E-state index in [9.17, 15) is 15.3 Å². The fraction of sp³-hybridized carbons (Fsp3) is 1.00. The molecule has 0 amide bonds. The Kier molecular flexibility index (Phi) is 33.0. The van der Waals surface area contributed by atoms with E-state index in [2.05, 4.69) is 0 Å². The predicted octanol–water partition coefficient (Wildman–Crippen LogP) is -1.12. The molecule has 0 rings (SSSR count). The molecule has 0 heterocycles. The summed E-state index contributed by atoms with van der Waals surface area (Å²) in [5.41, 5.74) is 0. The van der Waals surface area contributed by atoms with E-state index >= 15 is 0 Å². The Balaban J connectivity index is -0.0000000450. The summed E-state index contributed by atoms with van der Waals surface area (Å²) in [6, 6.07) is 0. The zero-order chi connectivity index (χ0) is 10.7. The van der Waals surface area contributed by atoms with E-state index in [1.165, 1.54) is 0 Å². The normalized spacial score (nSPS) is 8.31. The molecule has 0 unspecified atom stereocenters. The van der Waals surface area contributed by atoms with Crippen molar-refractivity contribution < 1.29 is 15.3 Å². The van der Waals surface area contributed by atoms with Crippen molar-refractivity contribution in [2.45, 2.75) is 59.9 Å². The average molecular weight is 247 g/mol. The Bertz CT molecular complexity index is 43.4. The van der Waals surface area contributed by atoms with Crippen LogP contribution in [0.2, 0.25) is 0 Å². The summed E-state index contributed by atoms with van der Waals surface area (Å²) in [6.07, 6.45) is -1.25. The molecular formula is C9H21GaO3-3. The Morgan fingerprint density at radius 1 is 0.538 bits per heavy atom. The first kappa shape index (κ1) is 23.4. The van der Waals surface area contributed by atoms with Gasteiger partial charge in [-0.25, -0.2) is 0 Å². The third kappa shape index (κ3) is 5190. The molecule has 0 aromatic carbocycles. The maximum atomic E-state index is 9.53. The molecule has 0 aliphatic heterocycles. The minimum Gasteiger partial charge on any atom is -0.852 e. The second kappa shape index (κ2) is 18.3. The minimum atomic E-state index is -0.417. The number of hydrogen-bond acceptors (Lipinski definition) is 3. The van der Waals surface area contributed by atoms with Gasteiger partial charge in [-0.2, -0.15) is 0 Å². The molecule has 3 nitrogen and oxygen atoms in total. The summed E-state index contributed by atoms with van der Waals surface area (Å²) in [4.78, 5) is 0. The van der Waals surface area contributed by atoms with Crippen molar-refractivity contribution in [2.24, 2.45) is 0 Å². The van der Waals surface area contributed by atoms with Gasteiger partial charge in [-0.05, 0) is 0 Å². The first-order chi connectivity index (χ1) is 5.20. The molecule has 13 heavy (non-hydrogen) atoms. The average Bonchev–Trinajstić information content (AvgIpc) is 1.54. The van der Waals surface area contributed by atoms with Crippen LogP contribution in [0.5, 0.6) is 0 Å². The summed E-state index contributed by atoms with van der Waals surface area (Å²) in [5, 5.41) is 28.6. The summed E-state index contributed by atoms with van der Waals surface area (Å²) in [6.45, 7) is 9.67. The topological polar surface area (TPSA) is 69.2 Å². The largest absolute Gasteiger partial charge is 0.852 e. The van der Waals surface area contributed by atoms with Crippen molar-refractivity contribution in [1.29, 1.82) is 0 Å². The first-order valence-electron chi connectivity index (χ1n) is 4.17. The van der Waals surface area contributed by atoms with Gasteiger partial charge >= 0.3 is 0 Å². The van der Waals surface area contributed by atoms with Crippen LogP contribution in [0.4, 0.5) is 0 Å². The molecule has 0 atom stereocenters. The van der Waals surface area contributed by atoms with Crippen LogP contribution in [0.25, 0.3) is 0 Å². The van der Waals surface area contributed by atoms with Crippen molar-refractivity contribution in [1.82, 2.24) is 0 Å². The standard InChI is InChI=1S/3C3H7O.Ga/c3*1-3(2)4;/h3*3H,1-2H3;/q3*-1;. The summed E-state index contributed by atoms with van der Waals surface area (Å²) >= 11 is 0. The smallest absolute Gasteiger partial charge is 0 e. The van der Waals surface area contributed by atoms with Gasteiger partial charge < -0.3 is 15.3 Å². The van der Waals surface area contributed by atoms with E-state index < -0.39 is 18.3 Å². The van der Waals surface area contributed by atoms with Gasteiger partial charge in [0.1, 0.15) is 0 Å². The molecule has 0 fully saturated rings. The van der Waals surface area contributed by atoms with E-state index in [4.69, 9.17) is 0 Å². The summed E-state index contributed by atoms with van der Waals surface area (Å²) in [5.74, 6) is 0. The van der Waals surface area contributed by atoms with E-state index in [1.807, 2.05) is 0 Å². The second-order valence-electron chi connectivity index (χ2n) is 3.15. The predicted molar refractivity (Wildman–Crippen MR) is 51.2 cm³/mol. The van der Waals surface area contributed by atoms with Gasteiger partial charge in [0.25, 0.3) is 0 Å². The molecule has 4 heteroatoms. The number of hydrogen-bond donors (Lipinski definition) is 0. The van der Waals surface area contributed by atoms with E-state index in [-0.39, 0.29) is 19.8 Å². The van der Waals surface area contributed by atoms with E-state index in [0.29, 0.717) is 0 Å². The minimum absolute atomic E-state index is 0. The van der Waals surface area contributed by atoms with E-state index in [0.717, 1.165) is 0 Å². The van der Waals surface area contributed by atoms with Gasteiger partial charge in [0, 0.05) is 19.8 Å². The molecule has 0 bridgehead atoms. The molecule has 0 aromatic heterocycles. The van der Waals surface area contributed by atoms with Crippen LogP contribution >= 0.6 is 0 Å². The van der Waals surface area contributed by atoms with Crippen LogP contribution in [-0.2, 0) is 0 Å². The van der Waals surface area contributed by atoms with Crippen LogP contribution in [0.15, 0.2) is 0 Å². The van der Waals surface area contributed by atoms with Gasteiger partial charge in [-0.15, -0.1) is 18.3 Å². The van der Waals surface area contributed by atoms with Gasteiger partial charge in [-0.3, -0.25) is 0 Å². The van der Waals surface area contributed by atoms with Crippen LogP contribution in [-0.4, -0.2) is 38.1 Å². The molecule has 0 spiro atoms. The third-order valence-electron chi connectivity index (χ3n) is 0. The van der Waals surface area contributed by atoms with Crippen molar-refractivity contribution in [2.75, 3.05) is 0 Å². The van der Waals surface area contributed by atoms with Crippen LogP contribution in [0.3, 0.4) is 0 Å². The van der Waals surface area contributed by atoms with Gasteiger partial charge in [0.05, 0.1) is 0 Å². The first-order valence-corrected chi connectivity index (χ1v) is 4.17. The maximum Gasteiger partial charge on any atom is 0 e. The van der Waals surface area contributed by atoms with Gasteiger partial charge in [-0.1, -0.05) is 41.5 Å². The fourth-order valence-corrected chi connectivity index (χ4v) is 0. The third-order valence-corrected chi connectivity index (χ3v) is 0. The second-order valence-corrected chi connectivity index (χ2v) is 3.15. The van der Waals surface area contributed by atoms with Crippen molar-refractivity contribution in [3.8, 4) is 0 Å². The summed E-state index contributed by atoms with van der Waals surface area (Å²) < 4.78 is 0. The zero-order valence-corrected chi connectivity index (χ0v) is 12.0. The van der Waals surface area contributed by atoms with Crippen molar-refractivity contribution in [3.63, 3.8) is 0 Å². The molecular weight excluding hydrogens is 226 g/mol. The Morgan fingerprint density at radius 3 is 0.538 bits per heavy atom. The number of rotatable bonds is 0. The molecule has 0 N–H and O–H groups in total. The van der Waals surface area contributed by atoms with Crippen molar-refractivity contribution in [3.05, 3.63) is 0 Å². The fourth-order valence-electron chi connectivity index (χ4n) is 0. The monoisotopic (exact) mass is 246 g/mol. The molecule has 0 saturated heterocycles. The van der Waals surface area contributed by atoms with Gasteiger partial charge in [0.2, 0.25) is 0 Å². The van der Waals surface area contributed by atoms with Crippen LogP contribution in [0, 0.1) is 0 Å². The zero-order valence-electron chi connectivity index (χ0n) is 9.53. The Hall–Kier alpha value is 0.516. The van der Waals surface area contributed by atoms with Crippen LogP contribution in [0.1, 0.15) is 41.5 Å². The maximum absolute atomic E-state index is 9.53. The Morgan fingerprint density at radius 2 is 0.538 bits per heavy atom. The van der Waals surface area contributed by atoms with Gasteiger partial charge in [0.15, 0.2) is 0 Å². The van der Waals surface area contributed by atoms with Crippen molar-refractivity contribution >= 4 is 19.8 Å². The summed E-state index contributed by atoms with van der Waals surface area (Å²) in [7, 11) is 0. The molecule has 3 radical (unpaired) electrons.